The Morgan fingerprint density at radius 2 is 1.91 bits per heavy atom. The lowest BCUT2D eigenvalue weighted by Gasteiger charge is -2.41. The number of benzene rings is 2. The third kappa shape index (κ3) is 5.32. The van der Waals surface area contributed by atoms with Gasteiger partial charge in [-0.25, -0.2) is 4.39 Å². The molecular formula is C28H33BrFN3O2. The van der Waals surface area contributed by atoms with Crippen molar-refractivity contribution in [3.05, 3.63) is 70.0 Å². The molecular weight excluding hydrogens is 509 g/mol. The number of hydrogen-bond donors (Lipinski definition) is 2. The maximum absolute atomic E-state index is 13.4. The maximum Gasteiger partial charge on any atom is 0.246 e. The second-order valence-corrected chi connectivity index (χ2v) is 11.1. The molecule has 5 nitrogen and oxygen atoms in total. The average Bonchev–Trinajstić information content (AvgIpc) is 3.24. The van der Waals surface area contributed by atoms with E-state index in [1.165, 1.54) is 17.3 Å². The van der Waals surface area contributed by atoms with E-state index in [1.54, 1.807) is 24.3 Å². The summed E-state index contributed by atoms with van der Waals surface area (Å²) in [6.07, 6.45) is 6.78. The first kappa shape index (κ1) is 24.5. The van der Waals surface area contributed by atoms with Crippen molar-refractivity contribution in [3.63, 3.8) is 0 Å². The summed E-state index contributed by atoms with van der Waals surface area (Å²) in [4.78, 5) is 16.9. The van der Waals surface area contributed by atoms with E-state index in [0.29, 0.717) is 24.1 Å². The van der Waals surface area contributed by atoms with E-state index in [2.05, 4.69) is 50.4 Å². The Kier molecular flexibility index (Phi) is 7.28. The van der Waals surface area contributed by atoms with E-state index in [9.17, 15) is 14.3 Å². The van der Waals surface area contributed by atoms with Gasteiger partial charge in [-0.05, 0) is 96.0 Å². The van der Waals surface area contributed by atoms with Crippen LogP contribution < -0.4 is 5.32 Å². The molecule has 186 valence electrons. The summed E-state index contributed by atoms with van der Waals surface area (Å²) in [7, 11) is 0. The van der Waals surface area contributed by atoms with Gasteiger partial charge in [0.25, 0.3) is 0 Å². The van der Waals surface area contributed by atoms with Crippen molar-refractivity contribution in [1.82, 2.24) is 9.80 Å². The van der Waals surface area contributed by atoms with Gasteiger partial charge in [-0.2, -0.15) is 0 Å². The Labute approximate surface area is 215 Å². The molecule has 2 N–H and O–H groups in total. The maximum atomic E-state index is 13.4. The lowest BCUT2D eigenvalue weighted by Crippen LogP contribution is -2.48. The van der Waals surface area contributed by atoms with Crippen LogP contribution in [0.15, 0.2) is 53.0 Å². The second-order valence-electron chi connectivity index (χ2n) is 10.2. The fourth-order valence-corrected chi connectivity index (χ4v) is 6.27. The lowest BCUT2D eigenvalue weighted by molar-refractivity contribution is -0.128. The minimum Gasteiger partial charge on any atom is -0.392 e. The molecule has 2 fully saturated rings. The molecule has 0 saturated carbocycles. The first-order chi connectivity index (χ1) is 16.9. The van der Waals surface area contributed by atoms with Gasteiger partial charge in [0.15, 0.2) is 0 Å². The average molecular weight is 542 g/mol. The number of carbonyl (C=O) groups excluding carboxylic acids is 1. The molecule has 1 amide bonds. The van der Waals surface area contributed by atoms with Crippen molar-refractivity contribution in [1.29, 1.82) is 0 Å². The number of amides is 1. The summed E-state index contributed by atoms with van der Waals surface area (Å²) in [6, 6.07) is 13.4. The van der Waals surface area contributed by atoms with Gasteiger partial charge in [0.05, 0.1) is 10.6 Å². The molecule has 5 rings (SSSR count). The summed E-state index contributed by atoms with van der Waals surface area (Å²) in [5, 5.41) is 14.5. The number of aliphatic hydroxyl groups is 1. The van der Waals surface area contributed by atoms with Gasteiger partial charge in [0.1, 0.15) is 5.82 Å². The van der Waals surface area contributed by atoms with Crippen LogP contribution in [0.25, 0.3) is 6.08 Å². The van der Waals surface area contributed by atoms with E-state index >= 15 is 0 Å². The molecule has 0 radical (unpaired) electrons. The number of carbonyl (C=O) groups is 1. The summed E-state index contributed by atoms with van der Waals surface area (Å²) in [5.74, 6) is -0.134. The lowest BCUT2D eigenvalue weighted by atomic mass is 9.74. The molecule has 0 aromatic heterocycles. The molecule has 1 atom stereocenters. The Morgan fingerprint density at radius 3 is 2.66 bits per heavy atom. The van der Waals surface area contributed by atoms with Crippen LogP contribution in [0.3, 0.4) is 0 Å². The highest BCUT2D eigenvalue weighted by atomic mass is 79.9. The van der Waals surface area contributed by atoms with Gasteiger partial charge in [0.2, 0.25) is 5.91 Å². The predicted octanol–water partition coefficient (Wildman–Crippen LogP) is 4.66. The Bertz CT molecular complexity index is 1090. The molecule has 2 aromatic rings. The summed E-state index contributed by atoms with van der Waals surface area (Å²) in [6.45, 7) is 5.06. The Balaban J connectivity index is 1.07. The van der Waals surface area contributed by atoms with Gasteiger partial charge in [-0.15, -0.1) is 0 Å². The number of fused-ring (bicyclic) bond motifs is 2. The second kappa shape index (κ2) is 10.4. The molecule has 35 heavy (non-hydrogen) atoms. The summed E-state index contributed by atoms with van der Waals surface area (Å²) < 4.78 is 13.8. The third-order valence-corrected chi connectivity index (χ3v) is 8.74. The number of para-hydroxylation sites is 1. The van der Waals surface area contributed by atoms with Gasteiger partial charge < -0.3 is 20.2 Å². The summed E-state index contributed by atoms with van der Waals surface area (Å²) in [5.41, 5.74) is 3.75. The van der Waals surface area contributed by atoms with Gasteiger partial charge in [-0.3, -0.25) is 4.79 Å². The van der Waals surface area contributed by atoms with E-state index in [1.807, 2.05) is 4.90 Å². The van der Waals surface area contributed by atoms with Gasteiger partial charge >= 0.3 is 0 Å². The number of aliphatic hydroxyl groups excluding tert-OH is 1. The fraction of sp³-hybridized carbons (Fsp3) is 0.464. The molecule has 1 spiro atoms. The number of rotatable bonds is 5. The minimum atomic E-state index is -0.359. The van der Waals surface area contributed by atoms with E-state index in [0.717, 1.165) is 50.9 Å². The molecule has 0 aliphatic carbocycles. The standard InChI is InChI=1S/C28H33BrFN3O2/c29-23-17-20(5-7-24(23)30)6-8-27(35)33-13-9-21(10-14-33)26(34)18-32-15-11-28(12-16-32)19-31-25-4-2-1-3-22(25)28/h1-8,17,21,26,31,34H,9-16,18-19H2/b8-6+. The molecule has 2 saturated heterocycles. The molecule has 2 aromatic carbocycles. The van der Waals surface area contributed by atoms with Gasteiger partial charge in [0, 0.05) is 43.4 Å². The number of halogens is 2. The monoisotopic (exact) mass is 541 g/mol. The largest absolute Gasteiger partial charge is 0.392 e. The van der Waals surface area contributed by atoms with Crippen LogP contribution in [0.4, 0.5) is 10.1 Å². The molecule has 1 unspecified atom stereocenters. The first-order valence-electron chi connectivity index (χ1n) is 12.6. The van der Waals surface area contributed by atoms with Crippen LogP contribution >= 0.6 is 15.9 Å². The smallest absolute Gasteiger partial charge is 0.246 e. The fourth-order valence-electron chi connectivity index (χ4n) is 5.88. The zero-order valence-corrected chi connectivity index (χ0v) is 21.5. The van der Waals surface area contributed by atoms with Crippen LogP contribution in [-0.2, 0) is 10.2 Å². The number of nitrogens with one attached hydrogen (secondary N) is 1. The minimum absolute atomic E-state index is 0.0369. The Hall–Kier alpha value is -2.22. The molecule has 0 bridgehead atoms. The van der Waals surface area contributed by atoms with Crippen LogP contribution in [0.5, 0.6) is 0 Å². The Morgan fingerprint density at radius 1 is 1.17 bits per heavy atom. The van der Waals surface area contributed by atoms with Crippen molar-refractivity contribution in [2.45, 2.75) is 37.2 Å². The van der Waals surface area contributed by atoms with Crippen LogP contribution in [0, 0.1) is 11.7 Å². The third-order valence-electron chi connectivity index (χ3n) is 8.13. The van der Waals surface area contributed by atoms with Crippen LogP contribution in [0.1, 0.15) is 36.8 Å². The van der Waals surface area contributed by atoms with Crippen molar-refractivity contribution in [2.75, 3.05) is 44.6 Å². The summed E-state index contributed by atoms with van der Waals surface area (Å²) >= 11 is 3.17. The van der Waals surface area contributed by atoms with Crippen LogP contribution in [0.2, 0.25) is 0 Å². The highest BCUT2D eigenvalue weighted by Gasteiger charge is 2.41. The predicted molar refractivity (Wildman–Crippen MR) is 141 cm³/mol. The van der Waals surface area contributed by atoms with E-state index < -0.39 is 0 Å². The van der Waals surface area contributed by atoms with Crippen molar-refractivity contribution in [3.8, 4) is 0 Å². The molecule has 3 heterocycles. The normalized spacial score (nSPS) is 21.3. The molecule has 3 aliphatic heterocycles. The molecule has 7 heteroatoms. The highest BCUT2D eigenvalue weighted by Crippen LogP contribution is 2.43. The SMILES string of the molecule is O=C(/C=C/c1ccc(F)c(Br)c1)N1CCC(C(O)CN2CCC3(CC2)CNc2ccccc23)CC1. The number of piperidine rings is 2. The topological polar surface area (TPSA) is 55.8 Å². The van der Waals surface area contributed by atoms with E-state index in [4.69, 9.17) is 0 Å². The molecule has 3 aliphatic rings. The number of anilines is 1. The number of nitrogens with zero attached hydrogens (tertiary/aromatic N) is 2. The number of hydrogen-bond acceptors (Lipinski definition) is 4. The van der Waals surface area contributed by atoms with E-state index in [-0.39, 0.29) is 29.2 Å². The number of likely N-dealkylation sites (tertiary alicyclic amines) is 2. The van der Waals surface area contributed by atoms with Gasteiger partial charge in [-0.1, -0.05) is 24.3 Å². The quantitative estimate of drug-likeness (QED) is 0.540. The van der Waals surface area contributed by atoms with Crippen LogP contribution in [-0.4, -0.2) is 66.2 Å². The van der Waals surface area contributed by atoms with Crippen molar-refractivity contribution >= 4 is 33.6 Å². The zero-order chi connectivity index (χ0) is 24.4. The number of β-amino-alcohol motifs (C(OH)–C–C–N with tert-alkyl or cyclic N) is 1. The zero-order valence-electron chi connectivity index (χ0n) is 19.9. The van der Waals surface area contributed by atoms with Crippen molar-refractivity contribution in [2.24, 2.45) is 5.92 Å². The first-order valence-corrected chi connectivity index (χ1v) is 13.4. The highest BCUT2D eigenvalue weighted by molar-refractivity contribution is 9.10. The van der Waals surface area contributed by atoms with Crippen molar-refractivity contribution < 1.29 is 14.3 Å².